The van der Waals surface area contributed by atoms with Gasteiger partial charge in [-0.3, -0.25) is 19.0 Å². The number of nitrogens with zero attached hydrogens (tertiary/aromatic N) is 7. The number of carbonyl (C=O) groups is 2. The van der Waals surface area contributed by atoms with Crippen LogP contribution in [0.3, 0.4) is 0 Å². The fraction of sp³-hybridized carbons (Fsp3) is 0.289. The van der Waals surface area contributed by atoms with Crippen molar-refractivity contribution in [2.75, 3.05) is 79.9 Å². The van der Waals surface area contributed by atoms with Crippen molar-refractivity contribution >= 4 is 77.8 Å². The summed E-state index contributed by atoms with van der Waals surface area (Å²) in [5.74, 6) is -1.55. The number of phosphoric ester groups is 1. The first-order valence-corrected chi connectivity index (χ1v) is 23.3. The van der Waals surface area contributed by atoms with Crippen molar-refractivity contribution in [2.45, 2.75) is 38.9 Å². The van der Waals surface area contributed by atoms with Crippen molar-refractivity contribution in [3.05, 3.63) is 72.6 Å². The molecule has 2 aliphatic heterocycles. The van der Waals surface area contributed by atoms with E-state index in [2.05, 4.69) is 61.0 Å². The van der Waals surface area contributed by atoms with Gasteiger partial charge in [0.25, 0.3) is 11.8 Å². The minimum atomic E-state index is -4.99. The summed E-state index contributed by atoms with van der Waals surface area (Å²) in [4.78, 5) is 70.4. The van der Waals surface area contributed by atoms with Gasteiger partial charge in [-0.25, -0.2) is 33.3 Å². The smallest absolute Gasteiger partial charge is 0.471 e. The van der Waals surface area contributed by atoms with Gasteiger partial charge < -0.3 is 74.3 Å². The molecule has 4 aromatic heterocycles. The van der Waals surface area contributed by atoms with Crippen LogP contribution >= 0.6 is 7.82 Å². The molecular formula is C45H47F2N12O14P. The molecule has 0 saturated carbocycles. The summed E-state index contributed by atoms with van der Waals surface area (Å²) in [7, 11) is 0.688. The maximum atomic E-state index is 15.2. The largest absolute Gasteiger partial charge is 0.493 e. The van der Waals surface area contributed by atoms with Crippen LogP contribution in [-0.4, -0.2) is 111 Å². The lowest BCUT2D eigenvalue weighted by molar-refractivity contribution is -0.133. The average Bonchev–Trinajstić information content (AvgIpc) is 3.35. The predicted molar refractivity (Wildman–Crippen MR) is 259 cm³/mol. The van der Waals surface area contributed by atoms with Gasteiger partial charge in [0.15, 0.2) is 80.6 Å². The molecule has 6 heterocycles. The Morgan fingerprint density at radius 3 is 1.65 bits per heavy atom. The minimum Gasteiger partial charge on any atom is -0.493 e. The van der Waals surface area contributed by atoms with Gasteiger partial charge in [-0.15, -0.1) is 0 Å². The molecule has 7 N–H and O–H groups in total. The number of aromatic nitrogens is 6. The first kappa shape index (κ1) is 51.8. The number of halogens is 2. The second-order valence-corrected chi connectivity index (χ2v) is 17.9. The molecule has 0 fully saturated rings. The summed E-state index contributed by atoms with van der Waals surface area (Å²) < 4.78 is 92.4. The van der Waals surface area contributed by atoms with Crippen molar-refractivity contribution in [1.29, 1.82) is 0 Å². The molecule has 0 spiro atoms. The van der Waals surface area contributed by atoms with Crippen molar-refractivity contribution in [1.82, 2.24) is 29.9 Å². The summed E-state index contributed by atoms with van der Waals surface area (Å²) in [6.07, 6.45) is 1.85. The van der Waals surface area contributed by atoms with Crippen molar-refractivity contribution < 1.29 is 75.1 Å². The number of methoxy groups -OCH3 is 4. The van der Waals surface area contributed by atoms with Gasteiger partial charge in [-0.2, -0.15) is 9.97 Å². The Morgan fingerprint density at radius 2 is 1.15 bits per heavy atom. The highest BCUT2D eigenvalue weighted by Crippen LogP contribution is 2.44. The van der Waals surface area contributed by atoms with Crippen LogP contribution in [0.1, 0.15) is 27.7 Å². The van der Waals surface area contributed by atoms with E-state index in [1.54, 1.807) is 44.2 Å². The number of hydrogen-bond acceptors (Lipinski definition) is 22. The summed E-state index contributed by atoms with van der Waals surface area (Å²) in [5, 5.41) is 14.2. The van der Waals surface area contributed by atoms with Crippen LogP contribution < -0.4 is 69.4 Å². The number of hydrogen-bond donors (Lipinski definition) is 7. The number of phosphoric acid groups is 1. The molecule has 390 valence electrons. The third kappa shape index (κ3) is 11.5. The number of rotatable bonds is 20. The number of pyridine rings is 2. The van der Waals surface area contributed by atoms with Gasteiger partial charge in [0, 0.05) is 35.6 Å². The van der Waals surface area contributed by atoms with Crippen molar-refractivity contribution in [3.8, 4) is 46.0 Å². The molecule has 0 radical (unpaired) electrons. The van der Waals surface area contributed by atoms with Gasteiger partial charge in [0.1, 0.15) is 31.6 Å². The molecule has 8 rings (SSSR count). The monoisotopic (exact) mass is 1050 g/mol. The Balaban J connectivity index is 0.947. The van der Waals surface area contributed by atoms with E-state index in [0.717, 1.165) is 17.3 Å². The molecule has 0 atom stereocenters. The third-order valence-electron chi connectivity index (χ3n) is 10.6. The molecule has 2 aliphatic rings. The Kier molecular flexibility index (Phi) is 14.6. The van der Waals surface area contributed by atoms with Gasteiger partial charge in [0.05, 0.1) is 40.8 Å². The quantitative estimate of drug-likeness (QED) is 0.0318. The molecule has 29 heteroatoms. The molecule has 2 amide bonds. The lowest BCUT2D eigenvalue weighted by atomic mass is 10.1. The number of ether oxygens (including phenoxy) is 8. The standard InChI is InChI=1S/C45H47F2N12O14P/c1-44(2)40(60)56-38-26(72-44)9-11-32(54-38)52-36-24(46)19-48-42(57-36)50-22-15-28(65-5)34(67-7)30(17-22)69-13-14-70-31-18-23(16-29(66-6)35(31)68-8)51-43-49-20-25(47)37(58-43)53-33-12-10-27-39(55-33)59(21-71-74(62,63)64)41(61)45(3,4)73-27/h9-12,15-20H,13-14,21H2,1-8H3,(H2,62,63,64)(H2,49,51,53,55,58)(H3,48,50,52,54,56,57,60). The highest BCUT2D eigenvalue weighted by Gasteiger charge is 2.43. The Bertz CT molecular complexity index is 3190. The van der Waals surface area contributed by atoms with Gasteiger partial charge >= 0.3 is 7.82 Å². The van der Waals surface area contributed by atoms with E-state index in [1.807, 2.05) is 0 Å². The molecule has 6 aromatic rings. The van der Waals surface area contributed by atoms with E-state index in [0.29, 0.717) is 17.1 Å². The zero-order chi connectivity index (χ0) is 53.1. The summed E-state index contributed by atoms with van der Waals surface area (Å²) in [6.45, 7) is 5.16. The Hall–Kier alpha value is -8.59. The number of amides is 2. The SMILES string of the molecule is COc1cc(Nc2ncc(F)c(Nc3ccc4c(n3)NC(=O)C(C)(C)O4)n2)cc(OCCOc2cc(Nc3ncc(F)c(Nc4ccc5c(n4)N(COP(=O)(O)O)C(=O)C(C)(C)O5)n3)cc(OC)c2OC)c1OC. The lowest BCUT2D eigenvalue weighted by Crippen LogP contribution is -2.53. The van der Waals surface area contributed by atoms with Crippen LogP contribution in [0.15, 0.2) is 60.9 Å². The molecule has 0 unspecified atom stereocenters. The van der Waals surface area contributed by atoms with E-state index in [9.17, 15) is 23.9 Å². The molecule has 2 aromatic carbocycles. The fourth-order valence-electron chi connectivity index (χ4n) is 7.09. The van der Waals surface area contributed by atoms with E-state index in [4.69, 9.17) is 37.9 Å². The predicted octanol–water partition coefficient (Wildman–Crippen LogP) is 6.48. The maximum absolute atomic E-state index is 15.2. The molecule has 0 bridgehead atoms. The first-order chi connectivity index (χ1) is 35.2. The van der Waals surface area contributed by atoms with E-state index in [-0.39, 0.29) is 100 Å². The van der Waals surface area contributed by atoms with Crippen molar-refractivity contribution in [2.24, 2.45) is 0 Å². The summed E-state index contributed by atoms with van der Waals surface area (Å²) in [5.41, 5.74) is -1.85. The average molecular weight is 1050 g/mol. The summed E-state index contributed by atoms with van der Waals surface area (Å²) in [6, 6.07) is 12.2. The summed E-state index contributed by atoms with van der Waals surface area (Å²) >= 11 is 0. The normalized spacial score (nSPS) is 14.2. The number of nitrogens with one attached hydrogen (secondary N) is 5. The Morgan fingerprint density at radius 1 is 0.662 bits per heavy atom. The first-order valence-electron chi connectivity index (χ1n) is 21.8. The van der Waals surface area contributed by atoms with E-state index in [1.165, 1.54) is 60.5 Å². The minimum absolute atomic E-state index is 0.0208. The van der Waals surface area contributed by atoms with Crippen LogP contribution in [0.4, 0.5) is 67.0 Å². The van der Waals surface area contributed by atoms with Crippen LogP contribution in [0.2, 0.25) is 0 Å². The molecule has 0 aliphatic carbocycles. The lowest BCUT2D eigenvalue weighted by Gasteiger charge is -2.37. The second kappa shape index (κ2) is 20.9. The van der Waals surface area contributed by atoms with Crippen LogP contribution in [0.5, 0.6) is 46.0 Å². The number of anilines is 10. The number of benzene rings is 2. The fourth-order valence-corrected chi connectivity index (χ4v) is 7.36. The topological polar surface area (TPSA) is 315 Å². The maximum Gasteiger partial charge on any atom is 0.471 e. The molecular weight excluding hydrogens is 1000 g/mol. The second-order valence-electron chi connectivity index (χ2n) is 16.6. The molecule has 26 nitrogen and oxygen atoms in total. The zero-order valence-electron chi connectivity index (χ0n) is 40.5. The van der Waals surface area contributed by atoms with E-state index >= 15 is 8.78 Å². The van der Waals surface area contributed by atoms with Crippen LogP contribution in [-0.2, 0) is 18.7 Å². The third-order valence-corrected chi connectivity index (χ3v) is 11.0. The molecule has 0 saturated heterocycles. The van der Waals surface area contributed by atoms with Crippen molar-refractivity contribution in [3.63, 3.8) is 0 Å². The van der Waals surface area contributed by atoms with Gasteiger partial charge in [0.2, 0.25) is 23.4 Å². The van der Waals surface area contributed by atoms with Crippen LogP contribution in [0, 0.1) is 11.6 Å². The molecule has 74 heavy (non-hydrogen) atoms. The highest BCUT2D eigenvalue weighted by atomic mass is 31.2. The Labute approximate surface area is 419 Å². The highest BCUT2D eigenvalue weighted by molar-refractivity contribution is 7.46. The van der Waals surface area contributed by atoms with Crippen LogP contribution in [0.25, 0.3) is 0 Å². The van der Waals surface area contributed by atoms with Gasteiger partial charge in [-0.05, 0) is 52.0 Å². The zero-order valence-corrected chi connectivity index (χ0v) is 41.4. The number of carbonyl (C=O) groups excluding carboxylic acids is 2. The van der Waals surface area contributed by atoms with Gasteiger partial charge in [-0.1, -0.05) is 0 Å². The number of fused-ring (bicyclic) bond motifs is 2. The van der Waals surface area contributed by atoms with E-state index < -0.39 is 49.2 Å².